The van der Waals surface area contributed by atoms with Crippen molar-refractivity contribution in [2.45, 2.75) is 20.8 Å². The van der Waals surface area contributed by atoms with Gasteiger partial charge in [-0.15, -0.1) is 0 Å². The van der Waals surface area contributed by atoms with Gasteiger partial charge < -0.3 is 15.3 Å². The van der Waals surface area contributed by atoms with Crippen molar-refractivity contribution < 1.29 is 24.9 Å². The molecule has 0 heterocycles. The Labute approximate surface area is 82.7 Å². The van der Waals surface area contributed by atoms with Gasteiger partial charge in [-0.05, 0) is 20.8 Å². The van der Waals surface area contributed by atoms with Crippen LogP contribution in [-0.4, -0.2) is 33.9 Å². The fourth-order valence-electron chi connectivity index (χ4n) is 0.202. The van der Waals surface area contributed by atoms with Crippen LogP contribution in [0, 0.1) is 5.92 Å². The molecule has 5 heteroatoms. The third-order valence-electron chi connectivity index (χ3n) is 1.47. The average Bonchev–Trinajstić information content (AvgIpc) is 2.15. The van der Waals surface area contributed by atoms with Crippen molar-refractivity contribution in [3.8, 4) is 0 Å². The molecule has 0 aliphatic rings. The first-order valence-corrected chi connectivity index (χ1v) is 4.06. The van der Waals surface area contributed by atoms with E-state index in [0.717, 1.165) is 0 Å². The summed E-state index contributed by atoms with van der Waals surface area (Å²) in [5.41, 5.74) is 0.389. The van der Waals surface area contributed by atoms with Crippen LogP contribution in [0.1, 0.15) is 20.8 Å². The van der Waals surface area contributed by atoms with Crippen LogP contribution in [0.4, 0.5) is 0 Å². The van der Waals surface area contributed by atoms with Gasteiger partial charge in [-0.2, -0.15) is 0 Å². The molecule has 0 aromatic heterocycles. The molecule has 5 nitrogen and oxygen atoms in total. The number of hydrogen-bond donors (Lipinski definition) is 3. The summed E-state index contributed by atoms with van der Waals surface area (Å²) >= 11 is 0. The van der Waals surface area contributed by atoms with Gasteiger partial charge in [0.25, 0.3) is 0 Å². The standard InChI is InChI=1S/C5H8O2.C4H8O3/c1-3-4(2)5(6)7;1-3(2-5)4(6)7/h3H,1-2H3,(H,6,7);3,5H,2H2,1H3,(H,6,7). The highest BCUT2D eigenvalue weighted by Gasteiger charge is 2.06. The minimum absolute atomic E-state index is 0.282. The molecule has 3 N–H and O–H groups in total. The molecule has 0 amide bonds. The number of aliphatic hydroxyl groups excluding tert-OH is 1. The van der Waals surface area contributed by atoms with Gasteiger partial charge in [0.2, 0.25) is 0 Å². The number of carboxylic acids is 2. The van der Waals surface area contributed by atoms with E-state index in [9.17, 15) is 9.59 Å². The molecule has 0 saturated heterocycles. The molecule has 0 fully saturated rings. The maximum absolute atomic E-state index is 9.86. The summed E-state index contributed by atoms with van der Waals surface area (Å²) in [7, 11) is 0. The summed E-state index contributed by atoms with van der Waals surface area (Å²) in [6.45, 7) is 4.42. The van der Waals surface area contributed by atoms with Crippen LogP contribution >= 0.6 is 0 Å². The third kappa shape index (κ3) is 8.73. The first-order chi connectivity index (χ1) is 6.36. The van der Waals surface area contributed by atoms with E-state index >= 15 is 0 Å². The Morgan fingerprint density at radius 2 is 1.79 bits per heavy atom. The normalized spacial score (nSPS) is 12.4. The maximum atomic E-state index is 9.86. The zero-order valence-corrected chi connectivity index (χ0v) is 8.52. The summed E-state index contributed by atoms with van der Waals surface area (Å²) in [6, 6.07) is 0. The smallest absolute Gasteiger partial charge is 0.330 e. The van der Waals surface area contributed by atoms with Crippen LogP contribution in [0.25, 0.3) is 0 Å². The minimum atomic E-state index is -0.956. The van der Waals surface area contributed by atoms with Crippen LogP contribution in [-0.2, 0) is 9.59 Å². The first kappa shape index (κ1) is 15.1. The topological polar surface area (TPSA) is 94.8 Å². The summed E-state index contributed by atoms with van der Waals surface area (Å²) in [6.07, 6.45) is 1.56. The Morgan fingerprint density at radius 3 is 1.79 bits per heavy atom. The van der Waals surface area contributed by atoms with Gasteiger partial charge in [0.15, 0.2) is 0 Å². The highest BCUT2D eigenvalue weighted by Crippen LogP contribution is 1.89. The molecule has 0 aliphatic carbocycles. The zero-order valence-electron chi connectivity index (χ0n) is 8.52. The largest absolute Gasteiger partial charge is 0.481 e. The van der Waals surface area contributed by atoms with Gasteiger partial charge >= 0.3 is 11.9 Å². The van der Waals surface area contributed by atoms with Crippen LogP contribution in [0.3, 0.4) is 0 Å². The van der Waals surface area contributed by atoms with E-state index in [2.05, 4.69) is 0 Å². The van der Waals surface area contributed by atoms with Crippen molar-refractivity contribution in [1.82, 2.24) is 0 Å². The second kappa shape index (κ2) is 8.25. The summed E-state index contributed by atoms with van der Waals surface area (Å²) in [5, 5.41) is 24.3. The molecule has 1 unspecified atom stereocenters. The zero-order chi connectivity index (χ0) is 11.7. The fraction of sp³-hybridized carbons (Fsp3) is 0.556. The number of rotatable bonds is 3. The van der Waals surface area contributed by atoms with E-state index in [-0.39, 0.29) is 6.61 Å². The van der Waals surface area contributed by atoms with E-state index in [1.807, 2.05) is 0 Å². The molecule has 0 radical (unpaired) electrons. The van der Waals surface area contributed by atoms with Gasteiger partial charge in [0.05, 0.1) is 12.5 Å². The third-order valence-corrected chi connectivity index (χ3v) is 1.47. The monoisotopic (exact) mass is 204 g/mol. The van der Waals surface area contributed by atoms with Crippen molar-refractivity contribution >= 4 is 11.9 Å². The van der Waals surface area contributed by atoms with E-state index in [4.69, 9.17) is 15.3 Å². The Bertz CT molecular complexity index is 219. The fourth-order valence-corrected chi connectivity index (χ4v) is 0.202. The van der Waals surface area contributed by atoms with E-state index < -0.39 is 17.9 Å². The lowest BCUT2D eigenvalue weighted by atomic mass is 10.2. The molecule has 0 aromatic rings. The maximum Gasteiger partial charge on any atom is 0.330 e. The van der Waals surface area contributed by atoms with Gasteiger partial charge in [-0.3, -0.25) is 4.79 Å². The number of hydrogen-bond acceptors (Lipinski definition) is 3. The van der Waals surface area contributed by atoms with Crippen molar-refractivity contribution in [2.75, 3.05) is 6.61 Å². The van der Waals surface area contributed by atoms with E-state index in [1.165, 1.54) is 6.92 Å². The molecular weight excluding hydrogens is 188 g/mol. The molecule has 14 heavy (non-hydrogen) atoms. The minimum Gasteiger partial charge on any atom is -0.481 e. The average molecular weight is 204 g/mol. The number of allylic oxidation sites excluding steroid dienone is 1. The first-order valence-electron chi connectivity index (χ1n) is 4.06. The molecule has 0 aliphatic heterocycles. The van der Waals surface area contributed by atoms with Gasteiger partial charge in [-0.1, -0.05) is 6.08 Å². The van der Waals surface area contributed by atoms with Crippen LogP contribution < -0.4 is 0 Å². The Kier molecular flexibility index (Phi) is 8.91. The second-order valence-electron chi connectivity index (χ2n) is 2.70. The quantitative estimate of drug-likeness (QED) is 0.589. The molecule has 0 bridgehead atoms. The van der Waals surface area contributed by atoms with Crippen molar-refractivity contribution in [3.05, 3.63) is 11.6 Å². The Morgan fingerprint density at radius 1 is 1.36 bits per heavy atom. The predicted octanol–water partition coefficient (Wildman–Crippen LogP) is 0.737. The molecule has 0 saturated carbocycles. The number of aliphatic hydroxyl groups is 1. The van der Waals surface area contributed by atoms with Crippen LogP contribution in [0.2, 0.25) is 0 Å². The molecule has 0 rings (SSSR count). The van der Waals surface area contributed by atoms with E-state index in [1.54, 1.807) is 19.9 Å². The highest BCUT2D eigenvalue weighted by atomic mass is 16.4. The summed E-state index contributed by atoms with van der Waals surface area (Å²) < 4.78 is 0. The Balaban J connectivity index is 0. The van der Waals surface area contributed by atoms with Gasteiger partial charge in [0.1, 0.15) is 0 Å². The molecular formula is C9H16O5. The SMILES string of the molecule is CC(CO)C(=O)O.CC=C(C)C(=O)O. The van der Waals surface area contributed by atoms with Gasteiger partial charge in [-0.25, -0.2) is 4.79 Å². The molecule has 82 valence electrons. The number of carbonyl (C=O) groups is 2. The number of carboxylic acid groups (broad SMARTS) is 2. The Hall–Kier alpha value is -1.36. The molecule has 0 spiro atoms. The summed E-state index contributed by atoms with van der Waals surface area (Å²) in [4.78, 5) is 19.6. The predicted molar refractivity (Wildman–Crippen MR) is 51.0 cm³/mol. The highest BCUT2D eigenvalue weighted by molar-refractivity contribution is 5.85. The number of aliphatic carboxylic acids is 2. The van der Waals surface area contributed by atoms with Crippen LogP contribution in [0.15, 0.2) is 11.6 Å². The molecule has 1 atom stereocenters. The van der Waals surface area contributed by atoms with Crippen molar-refractivity contribution in [1.29, 1.82) is 0 Å². The van der Waals surface area contributed by atoms with Crippen LogP contribution in [0.5, 0.6) is 0 Å². The van der Waals surface area contributed by atoms with Crippen molar-refractivity contribution in [3.63, 3.8) is 0 Å². The lowest BCUT2D eigenvalue weighted by Crippen LogP contribution is -2.12. The summed E-state index contributed by atoms with van der Waals surface area (Å²) in [5.74, 6) is -2.43. The van der Waals surface area contributed by atoms with Gasteiger partial charge in [0, 0.05) is 5.57 Å². The van der Waals surface area contributed by atoms with Crippen molar-refractivity contribution in [2.24, 2.45) is 5.92 Å². The lowest BCUT2D eigenvalue weighted by Gasteiger charge is -1.95. The lowest BCUT2D eigenvalue weighted by molar-refractivity contribution is -0.142. The molecule has 0 aromatic carbocycles. The second-order valence-corrected chi connectivity index (χ2v) is 2.70. The van der Waals surface area contributed by atoms with E-state index in [0.29, 0.717) is 5.57 Å².